The second-order valence-corrected chi connectivity index (χ2v) is 7.10. The van der Waals surface area contributed by atoms with Gasteiger partial charge in [-0.2, -0.15) is 8.42 Å². The number of esters is 1. The molecule has 0 aliphatic heterocycles. The van der Waals surface area contributed by atoms with E-state index in [2.05, 4.69) is 14.7 Å². The summed E-state index contributed by atoms with van der Waals surface area (Å²) in [5.41, 5.74) is -0.650. The molecule has 0 saturated carbocycles. The zero-order valence-electron chi connectivity index (χ0n) is 14.0. The molecule has 0 spiro atoms. The summed E-state index contributed by atoms with van der Waals surface area (Å²) in [6.45, 7) is 0. The quantitative estimate of drug-likeness (QED) is 0.372. The van der Waals surface area contributed by atoms with Crippen molar-refractivity contribution in [2.24, 2.45) is 0 Å². The van der Waals surface area contributed by atoms with Crippen LogP contribution in [-0.2, 0) is 26.1 Å². The predicted molar refractivity (Wildman–Crippen MR) is 95.2 cm³/mol. The molecule has 0 fully saturated rings. The van der Waals surface area contributed by atoms with Gasteiger partial charge in [0.25, 0.3) is 0 Å². The molecule has 9 nitrogen and oxygen atoms in total. The Morgan fingerprint density at radius 3 is 2.22 bits per heavy atom. The largest absolute Gasteiger partial charge is 0.469 e. The maximum absolute atomic E-state index is 12.4. The van der Waals surface area contributed by atoms with E-state index < -0.39 is 27.2 Å². The normalized spacial score (nSPS) is 11.3. The fourth-order valence-corrected chi connectivity index (χ4v) is 3.28. The van der Waals surface area contributed by atoms with E-state index in [0.717, 1.165) is 0 Å². The molecule has 0 bridgehead atoms. The fraction of sp³-hybridized carbons (Fsp3) is 0.118. The molecular formula is C17H14N2O7S. The molecule has 2 aromatic carbocycles. The van der Waals surface area contributed by atoms with Crippen molar-refractivity contribution in [3.05, 3.63) is 68.7 Å². The summed E-state index contributed by atoms with van der Waals surface area (Å²) >= 11 is 0. The number of fused-ring (bicyclic) bond motifs is 1. The monoisotopic (exact) mass is 390 g/mol. The maximum atomic E-state index is 12.4. The summed E-state index contributed by atoms with van der Waals surface area (Å²) in [5, 5.41) is 0. The Hall–Kier alpha value is -3.40. The number of carbonyl (C=O) groups excluding carboxylic acids is 1. The summed E-state index contributed by atoms with van der Waals surface area (Å²) < 4.78 is 34.5. The molecule has 3 aromatic rings. The molecule has 2 N–H and O–H groups in total. The van der Waals surface area contributed by atoms with Crippen molar-refractivity contribution in [3.63, 3.8) is 0 Å². The van der Waals surface area contributed by atoms with E-state index in [-0.39, 0.29) is 28.1 Å². The number of benzene rings is 2. The van der Waals surface area contributed by atoms with E-state index in [1.807, 2.05) is 0 Å². The number of nitrogens with one attached hydrogen (secondary N) is 2. The molecular weight excluding hydrogens is 376 g/mol. The third kappa shape index (κ3) is 4.06. The molecule has 0 unspecified atom stereocenters. The van der Waals surface area contributed by atoms with Crippen LogP contribution in [0.4, 0.5) is 0 Å². The van der Waals surface area contributed by atoms with E-state index in [9.17, 15) is 22.8 Å². The number of rotatable bonds is 5. The van der Waals surface area contributed by atoms with Gasteiger partial charge < -0.3 is 18.9 Å². The highest BCUT2D eigenvalue weighted by atomic mass is 32.2. The number of H-pyrrole nitrogens is 2. The van der Waals surface area contributed by atoms with Gasteiger partial charge >= 0.3 is 27.2 Å². The van der Waals surface area contributed by atoms with Gasteiger partial charge in [0.2, 0.25) is 0 Å². The van der Waals surface area contributed by atoms with Crippen LogP contribution in [0.1, 0.15) is 5.56 Å². The van der Waals surface area contributed by atoms with Crippen LogP contribution in [0, 0.1) is 0 Å². The molecule has 0 aliphatic carbocycles. The Morgan fingerprint density at radius 1 is 0.963 bits per heavy atom. The SMILES string of the molecule is COC(=O)Cc1ccc(OS(=O)(=O)c2ccc3[nH]c(=O)c(=O)[nH]c3c2)cc1. The lowest BCUT2D eigenvalue weighted by Gasteiger charge is -2.08. The van der Waals surface area contributed by atoms with Gasteiger partial charge in [-0.05, 0) is 35.9 Å². The van der Waals surface area contributed by atoms with Gasteiger partial charge in [0.05, 0.1) is 24.6 Å². The van der Waals surface area contributed by atoms with Crippen LogP contribution in [0.3, 0.4) is 0 Å². The Bertz CT molecular complexity index is 1220. The first kappa shape index (κ1) is 18.4. The van der Waals surface area contributed by atoms with Gasteiger partial charge in [0.15, 0.2) is 0 Å². The average molecular weight is 390 g/mol. The third-order valence-electron chi connectivity index (χ3n) is 3.69. The van der Waals surface area contributed by atoms with Crippen molar-refractivity contribution in [1.29, 1.82) is 0 Å². The number of carbonyl (C=O) groups is 1. The molecule has 1 heterocycles. The van der Waals surface area contributed by atoms with Crippen LogP contribution >= 0.6 is 0 Å². The first-order valence-electron chi connectivity index (χ1n) is 7.65. The number of aromatic amines is 2. The Kier molecular flexibility index (Phi) is 4.82. The van der Waals surface area contributed by atoms with E-state index in [4.69, 9.17) is 4.18 Å². The van der Waals surface area contributed by atoms with E-state index in [0.29, 0.717) is 5.56 Å². The van der Waals surface area contributed by atoms with Crippen LogP contribution in [0.5, 0.6) is 5.75 Å². The number of ether oxygens (including phenoxy) is 1. The minimum Gasteiger partial charge on any atom is -0.469 e. The van der Waals surface area contributed by atoms with E-state index >= 15 is 0 Å². The number of methoxy groups -OCH3 is 1. The fourth-order valence-electron chi connectivity index (χ4n) is 2.33. The lowest BCUT2D eigenvalue weighted by molar-refractivity contribution is -0.139. The summed E-state index contributed by atoms with van der Waals surface area (Å²) in [7, 11) is -2.90. The van der Waals surface area contributed by atoms with Crippen LogP contribution in [0.25, 0.3) is 11.0 Å². The highest BCUT2D eigenvalue weighted by Gasteiger charge is 2.18. The minimum absolute atomic E-state index is 0.0543. The second-order valence-electron chi connectivity index (χ2n) is 5.55. The topological polar surface area (TPSA) is 135 Å². The van der Waals surface area contributed by atoms with Crippen molar-refractivity contribution in [2.45, 2.75) is 11.3 Å². The van der Waals surface area contributed by atoms with Gasteiger partial charge in [0.1, 0.15) is 10.6 Å². The molecule has 0 atom stereocenters. The van der Waals surface area contributed by atoms with Gasteiger partial charge in [-0.15, -0.1) is 0 Å². The number of hydrogen-bond acceptors (Lipinski definition) is 7. The standard InChI is InChI=1S/C17H14N2O7S/c1-25-15(20)8-10-2-4-11(5-3-10)26-27(23,24)12-6-7-13-14(9-12)19-17(22)16(21)18-13/h2-7,9H,8H2,1H3,(H,18,21)(H,19,22). The zero-order chi connectivity index (χ0) is 19.6. The average Bonchev–Trinajstić information content (AvgIpc) is 2.63. The lowest BCUT2D eigenvalue weighted by Crippen LogP contribution is -2.29. The molecule has 140 valence electrons. The molecule has 27 heavy (non-hydrogen) atoms. The molecule has 1 aromatic heterocycles. The minimum atomic E-state index is -4.17. The van der Waals surface area contributed by atoms with Crippen LogP contribution < -0.4 is 15.3 Å². The smallest absolute Gasteiger partial charge is 0.339 e. The third-order valence-corrected chi connectivity index (χ3v) is 4.93. The molecule has 10 heteroatoms. The van der Waals surface area contributed by atoms with Crippen molar-refractivity contribution in [1.82, 2.24) is 9.97 Å². The van der Waals surface area contributed by atoms with Gasteiger partial charge in [-0.3, -0.25) is 14.4 Å². The van der Waals surface area contributed by atoms with Crippen molar-refractivity contribution in [2.75, 3.05) is 7.11 Å². The molecule has 0 aliphatic rings. The van der Waals surface area contributed by atoms with Crippen LogP contribution in [0.15, 0.2) is 56.9 Å². The van der Waals surface area contributed by atoms with Gasteiger partial charge in [0, 0.05) is 0 Å². The summed E-state index contributed by atoms with van der Waals surface area (Å²) in [4.78, 5) is 38.4. The number of hydrogen-bond donors (Lipinski definition) is 2. The Morgan fingerprint density at radius 2 is 1.59 bits per heavy atom. The van der Waals surface area contributed by atoms with Crippen molar-refractivity contribution < 1.29 is 22.1 Å². The van der Waals surface area contributed by atoms with E-state index in [1.54, 1.807) is 12.1 Å². The molecule has 0 radical (unpaired) electrons. The van der Waals surface area contributed by atoms with Crippen molar-refractivity contribution in [3.8, 4) is 5.75 Å². The first-order valence-corrected chi connectivity index (χ1v) is 9.06. The lowest BCUT2D eigenvalue weighted by atomic mass is 10.1. The first-order chi connectivity index (χ1) is 12.8. The zero-order valence-corrected chi connectivity index (χ0v) is 14.8. The molecule has 0 saturated heterocycles. The maximum Gasteiger partial charge on any atom is 0.339 e. The van der Waals surface area contributed by atoms with Crippen molar-refractivity contribution >= 4 is 27.1 Å². The highest BCUT2D eigenvalue weighted by molar-refractivity contribution is 7.87. The Labute approximate surface area is 152 Å². The molecule has 0 amide bonds. The summed E-state index contributed by atoms with van der Waals surface area (Å²) in [6, 6.07) is 9.70. The van der Waals surface area contributed by atoms with Gasteiger partial charge in [-0.25, -0.2) is 0 Å². The molecule has 3 rings (SSSR count). The second kappa shape index (κ2) is 7.08. The summed E-state index contributed by atoms with van der Waals surface area (Å²) in [5.74, 6) is -0.363. The summed E-state index contributed by atoms with van der Waals surface area (Å²) in [6.07, 6.45) is 0.0553. The van der Waals surface area contributed by atoms with Crippen LogP contribution in [-0.4, -0.2) is 31.5 Å². The van der Waals surface area contributed by atoms with E-state index in [1.165, 1.54) is 37.4 Å². The predicted octanol–water partition coefficient (Wildman–Crippen LogP) is 0.700. The Balaban J connectivity index is 1.87. The highest BCUT2D eigenvalue weighted by Crippen LogP contribution is 2.21. The number of aromatic nitrogens is 2. The van der Waals surface area contributed by atoms with Crippen LogP contribution in [0.2, 0.25) is 0 Å². The van der Waals surface area contributed by atoms with Gasteiger partial charge in [-0.1, -0.05) is 12.1 Å².